The van der Waals surface area contributed by atoms with Crippen LogP contribution in [0.4, 0.5) is 5.69 Å². The fraction of sp³-hybridized carbons (Fsp3) is 0.786. The van der Waals surface area contributed by atoms with Crippen LogP contribution in [0.25, 0.3) is 0 Å². The van der Waals surface area contributed by atoms with Crippen LogP contribution in [-0.2, 0) is 7.05 Å². The number of nitrogens with one attached hydrogen (secondary N) is 1. The van der Waals surface area contributed by atoms with Gasteiger partial charge in [0.25, 0.3) is 0 Å². The lowest BCUT2D eigenvalue weighted by molar-refractivity contribution is 0.617. The molecule has 1 rings (SSSR count). The summed E-state index contributed by atoms with van der Waals surface area (Å²) in [5.74, 6) is 0. The Labute approximate surface area is 106 Å². The van der Waals surface area contributed by atoms with Crippen molar-refractivity contribution in [2.24, 2.45) is 7.05 Å². The van der Waals surface area contributed by atoms with Crippen LogP contribution >= 0.6 is 0 Å². The van der Waals surface area contributed by atoms with Gasteiger partial charge in [0.1, 0.15) is 0 Å². The average Bonchev–Trinajstić information content (AvgIpc) is 2.54. The Hall–Kier alpha value is -0.990. The number of hydrogen-bond donors (Lipinski definition) is 1. The van der Waals surface area contributed by atoms with Gasteiger partial charge in [-0.1, -0.05) is 39.0 Å². The lowest BCUT2D eigenvalue weighted by Crippen LogP contribution is -2.03. The summed E-state index contributed by atoms with van der Waals surface area (Å²) in [5, 5.41) is 7.91. The monoisotopic (exact) mass is 237 g/mol. The molecule has 1 aromatic rings. The van der Waals surface area contributed by atoms with E-state index < -0.39 is 0 Å². The Kier molecular flexibility index (Phi) is 6.09. The van der Waals surface area contributed by atoms with E-state index in [1.54, 1.807) is 0 Å². The molecule has 0 aromatic carbocycles. The number of aryl methyl sites for hydroxylation is 2. The molecular weight excluding hydrogens is 210 g/mol. The van der Waals surface area contributed by atoms with Gasteiger partial charge in [-0.2, -0.15) is 5.10 Å². The summed E-state index contributed by atoms with van der Waals surface area (Å²) < 4.78 is 1.94. The first-order chi connectivity index (χ1) is 8.16. The molecule has 0 fully saturated rings. The van der Waals surface area contributed by atoms with Crippen LogP contribution in [0.15, 0.2) is 0 Å². The maximum atomic E-state index is 4.40. The minimum absolute atomic E-state index is 1.07. The molecule has 0 amide bonds. The average molecular weight is 237 g/mol. The van der Waals surface area contributed by atoms with E-state index in [2.05, 4.69) is 31.2 Å². The predicted octanol–water partition coefficient (Wildman–Crippen LogP) is 3.81. The Morgan fingerprint density at radius 2 is 1.71 bits per heavy atom. The van der Waals surface area contributed by atoms with E-state index in [-0.39, 0.29) is 0 Å². The summed E-state index contributed by atoms with van der Waals surface area (Å²) in [7, 11) is 2.00. The van der Waals surface area contributed by atoms with Crippen LogP contribution in [0.1, 0.15) is 56.8 Å². The normalized spacial score (nSPS) is 10.8. The van der Waals surface area contributed by atoms with Crippen LogP contribution in [-0.4, -0.2) is 16.3 Å². The van der Waals surface area contributed by atoms with Crippen LogP contribution in [0.2, 0.25) is 0 Å². The molecule has 0 saturated heterocycles. The molecule has 1 N–H and O–H groups in total. The fourth-order valence-electron chi connectivity index (χ4n) is 2.15. The summed E-state index contributed by atoms with van der Waals surface area (Å²) in [6.07, 6.45) is 8.07. The zero-order valence-corrected chi connectivity index (χ0v) is 11.8. The predicted molar refractivity (Wildman–Crippen MR) is 74.5 cm³/mol. The molecule has 0 atom stereocenters. The van der Waals surface area contributed by atoms with E-state index >= 15 is 0 Å². The minimum Gasteiger partial charge on any atom is -0.382 e. The smallest absolute Gasteiger partial charge is 0.0827 e. The second-order valence-electron chi connectivity index (χ2n) is 4.86. The van der Waals surface area contributed by atoms with Crippen molar-refractivity contribution < 1.29 is 0 Å². The van der Waals surface area contributed by atoms with Crippen LogP contribution in [0.5, 0.6) is 0 Å². The fourth-order valence-corrected chi connectivity index (χ4v) is 2.15. The van der Waals surface area contributed by atoms with Gasteiger partial charge in [-0.05, 0) is 20.3 Å². The molecule has 98 valence electrons. The van der Waals surface area contributed by atoms with Gasteiger partial charge in [0.2, 0.25) is 0 Å². The highest BCUT2D eigenvalue weighted by atomic mass is 15.3. The summed E-state index contributed by atoms with van der Waals surface area (Å²) in [6.45, 7) is 7.51. The van der Waals surface area contributed by atoms with Gasteiger partial charge in [0.05, 0.1) is 17.1 Å². The standard InChI is InChI=1S/C14H27N3/c1-5-6-7-8-9-10-11-15-14-12(2)16-17(4)13(14)3/h15H,5-11H2,1-4H3. The maximum Gasteiger partial charge on any atom is 0.0827 e. The summed E-state index contributed by atoms with van der Waals surface area (Å²) in [5.41, 5.74) is 3.56. The summed E-state index contributed by atoms with van der Waals surface area (Å²) in [6, 6.07) is 0. The molecular formula is C14H27N3. The molecule has 0 saturated carbocycles. The van der Waals surface area contributed by atoms with Crippen molar-refractivity contribution in [2.45, 2.75) is 59.3 Å². The van der Waals surface area contributed by atoms with Gasteiger partial charge < -0.3 is 5.32 Å². The number of anilines is 1. The maximum absolute atomic E-state index is 4.40. The molecule has 0 bridgehead atoms. The highest BCUT2D eigenvalue weighted by Crippen LogP contribution is 2.18. The molecule has 1 heterocycles. The molecule has 0 aliphatic carbocycles. The third kappa shape index (κ3) is 4.41. The lowest BCUT2D eigenvalue weighted by atomic mass is 10.1. The number of aromatic nitrogens is 2. The van der Waals surface area contributed by atoms with Gasteiger partial charge in [0, 0.05) is 13.6 Å². The highest BCUT2D eigenvalue weighted by Gasteiger charge is 2.07. The van der Waals surface area contributed by atoms with Crippen molar-refractivity contribution in [1.82, 2.24) is 9.78 Å². The Bertz CT molecular complexity index is 328. The Balaban J connectivity index is 2.18. The third-order valence-electron chi connectivity index (χ3n) is 3.34. The first-order valence-corrected chi connectivity index (χ1v) is 6.91. The topological polar surface area (TPSA) is 29.9 Å². The lowest BCUT2D eigenvalue weighted by Gasteiger charge is -2.06. The van der Waals surface area contributed by atoms with Crippen molar-refractivity contribution >= 4 is 5.69 Å². The van der Waals surface area contributed by atoms with Gasteiger partial charge in [-0.3, -0.25) is 4.68 Å². The zero-order chi connectivity index (χ0) is 12.7. The minimum atomic E-state index is 1.07. The second kappa shape index (κ2) is 7.36. The molecule has 0 aliphatic rings. The molecule has 0 radical (unpaired) electrons. The largest absolute Gasteiger partial charge is 0.382 e. The van der Waals surface area contributed by atoms with Gasteiger partial charge in [0.15, 0.2) is 0 Å². The SMILES string of the molecule is CCCCCCCCNc1c(C)nn(C)c1C. The van der Waals surface area contributed by atoms with Crippen molar-refractivity contribution in [3.8, 4) is 0 Å². The van der Waals surface area contributed by atoms with E-state index in [0.717, 1.165) is 12.2 Å². The van der Waals surface area contributed by atoms with Crippen LogP contribution in [0.3, 0.4) is 0 Å². The quantitative estimate of drug-likeness (QED) is 0.697. The molecule has 0 spiro atoms. The van der Waals surface area contributed by atoms with Crippen LogP contribution in [0, 0.1) is 13.8 Å². The van der Waals surface area contributed by atoms with Crippen molar-refractivity contribution in [3.05, 3.63) is 11.4 Å². The van der Waals surface area contributed by atoms with Crippen molar-refractivity contribution in [1.29, 1.82) is 0 Å². The first-order valence-electron chi connectivity index (χ1n) is 6.91. The van der Waals surface area contributed by atoms with Gasteiger partial charge in [-0.25, -0.2) is 0 Å². The molecule has 0 aliphatic heterocycles. The van der Waals surface area contributed by atoms with Crippen molar-refractivity contribution in [3.63, 3.8) is 0 Å². The number of nitrogens with zero attached hydrogens (tertiary/aromatic N) is 2. The van der Waals surface area contributed by atoms with E-state index in [1.165, 1.54) is 49.9 Å². The Morgan fingerprint density at radius 1 is 1.06 bits per heavy atom. The molecule has 3 nitrogen and oxygen atoms in total. The molecule has 3 heteroatoms. The number of rotatable bonds is 8. The Morgan fingerprint density at radius 3 is 2.29 bits per heavy atom. The number of hydrogen-bond acceptors (Lipinski definition) is 2. The van der Waals surface area contributed by atoms with Gasteiger partial charge in [-0.15, -0.1) is 0 Å². The second-order valence-corrected chi connectivity index (χ2v) is 4.86. The first kappa shape index (κ1) is 14.1. The van der Waals surface area contributed by atoms with E-state index in [9.17, 15) is 0 Å². The van der Waals surface area contributed by atoms with Crippen molar-refractivity contribution in [2.75, 3.05) is 11.9 Å². The summed E-state index contributed by atoms with van der Waals surface area (Å²) in [4.78, 5) is 0. The highest BCUT2D eigenvalue weighted by molar-refractivity contribution is 5.51. The molecule has 17 heavy (non-hydrogen) atoms. The third-order valence-corrected chi connectivity index (χ3v) is 3.34. The van der Waals surface area contributed by atoms with Crippen LogP contribution < -0.4 is 5.32 Å². The number of unbranched alkanes of at least 4 members (excludes halogenated alkanes) is 5. The summed E-state index contributed by atoms with van der Waals surface area (Å²) >= 11 is 0. The van der Waals surface area contributed by atoms with E-state index in [0.29, 0.717) is 0 Å². The van der Waals surface area contributed by atoms with E-state index in [1.807, 2.05) is 11.7 Å². The van der Waals surface area contributed by atoms with Gasteiger partial charge >= 0.3 is 0 Å². The molecule has 1 aromatic heterocycles. The zero-order valence-electron chi connectivity index (χ0n) is 11.8. The van der Waals surface area contributed by atoms with E-state index in [4.69, 9.17) is 0 Å². The molecule has 0 unspecified atom stereocenters.